The molecule has 0 aliphatic heterocycles. The number of amides is 2. The minimum atomic E-state index is -0.634. The van der Waals surface area contributed by atoms with E-state index >= 15 is 0 Å². The summed E-state index contributed by atoms with van der Waals surface area (Å²) >= 11 is 0. The van der Waals surface area contributed by atoms with E-state index in [1.165, 1.54) is 17.5 Å². The maximum atomic E-state index is 13.3. The van der Waals surface area contributed by atoms with Crippen molar-refractivity contribution in [3.63, 3.8) is 0 Å². The van der Waals surface area contributed by atoms with Crippen molar-refractivity contribution in [1.29, 1.82) is 0 Å². The van der Waals surface area contributed by atoms with Crippen LogP contribution >= 0.6 is 7.92 Å². The lowest BCUT2D eigenvalue weighted by Gasteiger charge is -2.29. The minimum absolute atomic E-state index is 0.0315. The molecule has 2 unspecified atom stereocenters. The molecule has 2 atom stereocenters. The first-order valence-electron chi connectivity index (χ1n) is 10.7. The van der Waals surface area contributed by atoms with Gasteiger partial charge in [-0.15, -0.1) is 0 Å². The molecule has 3 aromatic rings. The Morgan fingerprint density at radius 1 is 0.774 bits per heavy atom. The lowest BCUT2D eigenvalue weighted by atomic mass is 10.1. The van der Waals surface area contributed by atoms with Crippen LogP contribution in [0, 0.1) is 5.92 Å². The second-order valence-corrected chi connectivity index (χ2v) is 10.3. The molecule has 3 aromatic carbocycles. The number of carbonyl (C=O) groups excluding carboxylic acids is 2. The quantitative estimate of drug-likeness (QED) is 0.548. The lowest BCUT2D eigenvalue weighted by Crippen LogP contribution is -2.32. The predicted molar refractivity (Wildman–Crippen MR) is 130 cm³/mol. The third kappa shape index (κ3) is 5.21. The number of hydrogen-bond acceptors (Lipinski definition) is 2. The summed E-state index contributed by atoms with van der Waals surface area (Å²) in [5.74, 6) is -0.0894. The number of benzene rings is 3. The smallest absolute Gasteiger partial charge is 0.228 e. The van der Waals surface area contributed by atoms with Crippen molar-refractivity contribution < 1.29 is 9.59 Å². The van der Waals surface area contributed by atoms with Gasteiger partial charge in [0.15, 0.2) is 0 Å². The van der Waals surface area contributed by atoms with Crippen LogP contribution in [0.1, 0.15) is 26.2 Å². The number of nitrogens with one attached hydrogen (secondary N) is 2. The van der Waals surface area contributed by atoms with E-state index < -0.39 is 7.92 Å². The van der Waals surface area contributed by atoms with Crippen LogP contribution in [-0.2, 0) is 9.59 Å². The molecule has 2 N–H and O–H groups in total. The standard InChI is InChI=1S/C26H27N2O2P/c1-19(29)27-20-10-8-11-21(18-20)28-26(30)24-16-9-17-25(24)31(22-12-4-2-5-13-22)23-14-6-3-7-15-23/h2-8,10-15,18,24-25H,9,16-17H2,1H3,(H,27,29)(H,28,30). The summed E-state index contributed by atoms with van der Waals surface area (Å²) in [4.78, 5) is 24.7. The monoisotopic (exact) mass is 430 g/mol. The maximum Gasteiger partial charge on any atom is 0.228 e. The molecule has 1 aliphatic carbocycles. The third-order valence-corrected chi connectivity index (χ3v) is 8.66. The number of hydrogen-bond donors (Lipinski definition) is 2. The summed E-state index contributed by atoms with van der Waals surface area (Å²) in [6, 6.07) is 28.6. The zero-order valence-corrected chi connectivity index (χ0v) is 18.5. The van der Waals surface area contributed by atoms with Gasteiger partial charge in [0.1, 0.15) is 0 Å². The van der Waals surface area contributed by atoms with Gasteiger partial charge in [0, 0.05) is 24.2 Å². The summed E-state index contributed by atoms with van der Waals surface area (Å²) in [7, 11) is -0.634. The first-order chi connectivity index (χ1) is 15.1. The van der Waals surface area contributed by atoms with E-state index in [1.54, 1.807) is 6.07 Å². The topological polar surface area (TPSA) is 58.2 Å². The Morgan fingerprint density at radius 3 is 1.94 bits per heavy atom. The molecule has 0 spiro atoms. The van der Waals surface area contributed by atoms with Crippen LogP contribution in [0.2, 0.25) is 0 Å². The van der Waals surface area contributed by atoms with Gasteiger partial charge in [-0.3, -0.25) is 9.59 Å². The van der Waals surface area contributed by atoms with Crippen LogP contribution in [0.4, 0.5) is 11.4 Å². The summed E-state index contributed by atoms with van der Waals surface area (Å²) in [6.07, 6.45) is 3.02. The summed E-state index contributed by atoms with van der Waals surface area (Å²) in [5.41, 5.74) is 1.70. The average molecular weight is 430 g/mol. The zero-order valence-electron chi connectivity index (χ0n) is 17.6. The van der Waals surface area contributed by atoms with Gasteiger partial charge in [-0.05, 0) is 55.2 Å². The van der Waals surface area contributed by atoms with Gasteiger partial charge in [-0.2, -0.15) is 0 Å². The van der Waals surface area contributed by atoms with Crippen LogP contribution in [-0.4, -0.2) is 17.5 Å². The molecule has 0 radical (unpaired) electrons. The fourth-order valence-corrected chi connectivity index (χ4v) is 7.51. The third-order valence-electron chi connectivity index (χ3n) is 5.67. The molecule has 0 bridgehead atoms. The van der Waals surface area contributed by atoms with E-state index in [-0.39, 0.29) is 17.7 Å². The van der Waals surface area contributed by atoms with Crippen molar-refractivity contribution in [2.24, 2.45) is 5.92 Å². The van der Waals surface area contributed by atoms with Gasteiger partial charge in [-0.25, -0.2) is 0 Å². The molecule has 0 heterocycles. The Kier molecular flexibility index (Phi) is 6.79. The van der Waals surface area contributed by atoms with E-state index in [0.29, 0.717) is 17.0 Å². The van der Waals surface area contributed by atoms with E-state index in [4.69, 9.17) is 0 Å². The van der Waals surface area contributed by atoms with Gasteiger partial charge >= 0.3 is 0 Å². The highest BCUT2D eigenvalue weighted by Gasteiger charge is 2.39. The van der Waals surface area contributed by atoms with Gasteiger partial charge < -0.3 is 10.6 Å². The zero-order chi connectivity index (χ0) is 21.6. The fourth-order valence-electron chi connectivity index (χ4n) is 4.38. The van der Waals surface area contributed by atoms with Gasteiger partial charge in [0.2, 0.25) is 11.8 Å². The normalized spacial score (nSPS) is 18.0. The van der Waals surface area contributed by atoms with E-state index in [2.05, 4.69) is 59.2 Å². The first-order valence-corrected chi connectivity index (χ1v) is 12.1. The van der Waals surface area contributed by atoms with Crippen LogP contribution in [0.3, 0.4) is 0 Å². The van der Waals surface area contributed by atoms with Crippen molar-refractivity contribution in [3.8, 4) is 0 Å². The molecule has 2 amide bonds. The van der Waals surface area contributed by atoms with Crippen molar-refractivity contribution >= 4 is 41.7 Å². The largest absolute Gasteiger partial charge is 0.326 e. The molecule has 0 aromatic heterocycles. The second kappa shape index (κ2) is 9.89. The highest BCUT2D eigenvalue weighted by atomic mass is 31.1. The molecule has 4 nitrogen and oxygen atoms in total. The van der Waals surface area contributed by atoms with Crippen molar-refractivity contribution in [2.45, 2.75) is 31.8 Å². The van der Waals surface area contributed by atoms with Crippen LogP contribution < -0.4 is 21.2 Å². The SMILES string of the molecule is CC(=O)Nc1cccc(NC(=O)C2CCCC2P(c2ccccc2)c2ccccc2)c1. The summed E-state index contributed by atoms with van der Waals surface area (Å²) < 4.78 is 0. The summed E-state index contributed by atoms with van der Waals surface area (Å²) in [6.45, 7) is 1.48. The second-order valence-electron chi connectivity index (χ2n) is 7.90. The Bertz CT molecular complexity index is 1000. The van der Waals surface area contributed by atoms with Gasteiger partial charge in [0.25, 0.3) is 0 Å². The first kappa shape index (κ1) is 21.3. The Balaban J connectivity index is 1.58. The van der Waals surface area contributed by atoms with Crippen LogP contribution in [0.25, 0.3) is 0 Å². The predicted octanol–water partition coefficient (Wildman–Crippen LogP) is 4.89. The molecule has 4 rings (SSSR count). The van der Waals surface area contributed by atoms with E-state index in [9.17, 15) is 9.59 Å². The molecule has 0 saturated heterocycles. The molecular weight excluding hydrogens is 403 g/mol. The van der Waals surface area contributed by atoms with Crippen LogP contribution in [0.15, 0.2) is 84.9 Å². The van der Waals surface area contributed by atoms with Crippen LogP contribution in [0.5, 0.6) is 0 Å². The van der Waals surface area contributed by atoms with Gasteiger partial charge in [-0.1, -0.05) is 73.2 Å². The van der Waals surface area contributed by atoms with E-state index in [1.807, 2.05) is 30.3 Å². The lowest BCUT2D eigenvalue weighted by molar-refractivity contribution is -0.119. The molecule has 1 saturated carbocycles. The maximum absolute atomic E-state index is 13.3. The number of rotatable bonds is 6. The molecule has 1 fully saturated rings. The average Bonchev–Trinajstić information content (AvgIpc) is 3.25. The Morgan fingerprint density at radius 2 is 1.35 bits per heavy atom. The Hall–Kier alpha value is -2.97. The molecular formula is C26H27N2O2P. The van der Waals surface area contributed by atoms with Crippen molar-refractivity contribution in [3.05, 3.63) is 84.9 Å². The molecule has 5 heteroatoms. The molecule has 31 heavy (non-hydrogen) atoms. The summed E-state index contributed by atoms with van der Waals surface area (Å²) in [5, 5.41) is 8.52. The number of carbonyl (C=O) groups is 2. The fraction of sp³-hybridized carbons (Fsp3) is 0.231. The molecule has 158 valence electrons. The highest BCUT2D eigenvalue weighted by molar-refractivity contribution is 7.73. The van der Waals surface area contributed by atoms with Gasteiger partial charge in [0.05, 0.1) is 0 Å². The highest BCUT2D eigenvalue weighted by Crippen LogP contribution is 2.50. The minimum Gasteiger partial charge on any atom is -0.326 e. The van der Waals surface area contributed by atoms with Crippen molar-refractivity contribution in [1.82, 2.24) is 0 Å². The number of anilines is 2. The van der Waals surface area contributed by atoms with Crippen molar-refractivity contribution in [2.75, 3.05) is 10.6 Å². The molecule has 1 aliphatic rings. The van der Waals surface area contributed by atoms with E-state index in [0.717, 1.165) is 19.3 Å². The Labute approximate surface area is 184 Å².